The Bertz CT molecular complexity index is 778. The van der Waals surface area contributed by atoms with Crippen LogP contribution in [0.2, 0.25) is 0 Å². The van der Waals surface area contributed by atoms with E-state index in [0.29, 0.717) is 5.69 Å². The van der Waals surface area contributed by atoms with Crippen molar-refractivity contribution in [2.24, 2.45) is 0 Å². The molecule has 1 aromatic heterocycles. The van der Waals surface area contributed by atoms with Gasteiger partial charge in [0.05, 0.1) is 16.7 Å². The first-order valence-corrected chi connectivity index (χ1v) is 7.92. The molecule has 0 saturated carbocycles. The number of nitro benzene ring substituents is 1. The van der Waals surface area contributed by atoms with E-state index >= 15 is 0 Å². The van der Waals surface area contributed by atoms with Gasteiger partial charge in [-0.1, -0.05) is 18.2 Å². The van der Waals surface area contributed by atoms with E-state index in [1.54, 1.807) is 31.3 Å². The van der Waals surface area contributed by atoms with Crippen molar-refractivity contribution in [3.63, 3.8) is 0 Å². The number of pyridine rings is 1. The number of hydrogen-bond donors (Lipinski definition) is 0. The lowest BCUT2D eigenvalue weighted by Gasteiger charge is -2.23. The summed E-state index contributed by atoms with van der Waals surface area (Å²) in [7, 11) is -2.63. The van der Waals surface area contributed by atoms with Crippen molar-refractivity contribution in [1.82, 2.24) is 9.29 Å². The lowest BCUT2D eigenvalue weighted by atomic mass is 10.2. The van der Waals surface area contributed by atoms with E-state index in [2.05, 4.69) is 4.98 Å². The molecule has 1 heterocycles. The van der Waals surface area contributed by atoms with Crippen molar-refractivity contribution >= 4 is 15.7 Å². The van der Waals surface area contributed by atoms with Gasteiger partial charge in [-0.3, -0.25) is 15.1 Å². The monoisotopic (exact) mass is 321 g/mol. The molecular weight excluding hydrogens is 306 g/mol. The van der Waals surface area contributed by atoms with E-state index in [9.17, 15) is 18.5 Å². The van der Waals surface area contributed by atoms with Crippen LogP contribution in [0.15, 0.2) is 53.6 Å². The maximum absolute atomic E-state index is 12.7. The van der Waals surface area contributed by atoms with Crippen molar-refractivity contribution in [1.29, 1.82) is 0 Å². The zero-order chi connectivity index (χ0) is 16.3. The molecule has 1 aromatic carbocycles. The molecule has 22 heavy (non-hydrogen) atoms. The van der Waals surface area contributed by atoms with Gasteiger partial charge < -0.3 is 0 Å². The van der Waals surface area contributed by atoms with Crippen molar-refractivity contribution in [2.75, 3.05) is 7.05 Å². The summed E-state index contributed by atoms with van der Waals surface area (Å²) < 4.78 is 26.4. The largest absolute Gasteiger partial charge is 0.289 e. The topological polar surface area (TPSA) is 93.4 Å². The molecule has 0 aliphatic carbocycles. The van der Waals surface area contributed by atoms with E-state index in [0.717, 1.165) is 4.31 Å². The fourth-order valence-corrected chi connectivity index (χ4v) is 3.49. The summed E-state index contributed by atoms with van der Waals surface area (Å²) in [6.45, 7) is 1.68. The van der Waals surface area contributed by atoms with Crippen molar-refractivity contribution in [2.45, 2.75) is 17.9 Å². The van der Waals surface area contributed by atoms with Crippen LogP contribution >= 0.6 is 0 Å². The highest BCUT2D eigenvalue weighted by atomic mass is 32.2. The molecule has 0 aliphatic rings. The van der Waals surface area contributed by atoms with Crippen LogP contribution in [-0.2, 0) is 10.0 Å². The first-order chi connectivity index (χ1) is 10.4. The van der Waals surface area contributed by atoms with Gasteiger partial charge in [0, 0.05) is 19.3 Å². The van der Waals surface area contributed by atoms with Gasteiger partial charge in [-0.2, -0.15) is 4.31 Å². The van der Waals surface area contributed by atoms with Crippen LogP contribution in [0.5, 0.6) is 0 Å². The lowest BCUT2D eigenvalue weighted by Crippen LogP contribution is -2.30. The Morgan fingerprint density at radius 1 is 1.18 bits per heavy atom. The van der Waals surface area contributed by atoms with Gasteiger partial charge in [-0.15, -0.1) is 0 Å². The third-order valence-electron chi connectivity index (χ3n) is 3.38. The molecule has 2 aromatic rings. The molecule has 1 atom stereocenters. The quantitative estimate of drug-likeness (QED) is 0.622. The minimum absolute atomic E-state index is 0.328. The number of hydrogen-bond acceptors (Lipinski definition) is 5. The lowest BCUT2D eigenvalue weighted by molar-refractivity contribution is -0.387. The van der Waals surface area contributed by atoms with E-state index in [1.807, 2.05) is 0 Å². The summed E-state index contributed by atoms with van der Waals surface area (Å²) >= 11 is 0. The number of para-hydroxylation sites is 1. The van der Waals surface area contributed by atoms with E-state index in [1.165, 1.54) is 31.3 Å². The molecule has 0 fully saturated rings. The molecule has 0 bridgehead atoms. The number of aromatic nitrogens is 1. The summed E-state index contributed by atoms with van der Waals surface area (Å²) in [6.07, 6.45) is 1.57. The maximum atomic E-state index is 12.7. The average Bonchev–Trinajstić information content (AvgIpc) is 2.54. The molecule has 7 nitrogen and oxygen atoms in total. The average molecular weight is 321 g/mol. The molecule has 0 radical (unpaired) electrons. The molecule has 0 unspecified atom stereocenters. The van der Waals surface area contributed by atoms with E-state index in [-0.39, 0.29) is 4.90 Å². The van der Waals surface area contributed by atoms with Crippen LogP contribution < -0.4 is 0 Å². The SMILES string of the molecule is C[C@H](c1ccccn1)N(C)S(=O)(=O)c1ccccc1[N+](=O)[O-]. The van der Waals surface area contributed by atoms with Crippen LogP contribution in [0.4, 0.5) is 5.69 Å². The molecule has 8 heteroatoms. The standard InChI is InChI=1S/C14H15N3O4S/c1-11(12-7-5-6-10-15-12)16(2)22(20,21)14-9-4-3-8-13(14)17(18)19/h3-11H,1-2H3/t11-/m1/s1. The Labute approximate surface area is 128 Å². The maximum Gasteiger partial charge on any atom is 0.289 e. The smallest absolute Gasteiger partial charge is 0.260 e. The van der Waals surface area contributed by atoms with Crippen LogP contribution in [0.25, 0.3) is 0 Å². The number of nitrogens with zero attached hydrogens (tertiary/aromatic N) is 3. The Balaban J connectivity index is 2.45. The van der Waals surface area contributed by atoms with Gasteiger partial charge in [0.15, 0.2) is 4.90 Å². The second kappa shape index (κ2) is 6.20. The fraction of sp³-hybridized carbons (Fsp3) is 0.214. The molecule has 0 aliphatic heterocycles. The molecule has 0 saturated heterocycles. The van der Waals surface area contributed by atoms with Crippen molar-refractivity contribution < 1.29 is 13.3 Å². The number of benzene rings is 1. The first-order valence-electron chi connectivity index (χ1n) is 6.48. The van der Waals surface area contributed by atoms with Gasteiger partial charge >= 0.3 is 0 Å². The zero-order valence-corrected chi connectivity index (χ0v) is 12.9. The minimum Gasteiger partial charge on any atom is -0.260 e. The summed E-state index contributed by atoms with van der Waals surface area (Å²) in [6, 6.07) is 9.93. The van der Waals surface area contributed by atoms with Crippen LogP contribution in [0.3, 0.4) is 0 Å². The van der Waals surface area contributed by atoms with Gasteiger partial charge in [0.2, 0.25) is 10.0 Å². The van der Waals surface area contributed by atoms with Crippen molar-refractivity contribution in [3.05, 3.63) is 64.5 Å². The van der Waals surface area contributed by atoms with E-state index in [4.69, 9.17) is 0 Å². The van der Waals surface area contributed by atoms with Crippen LogP contribution in [-0.4, -0.2) is 29.7 Å². The molecule has 0 spiro atoms. The Hall–Kier alpha value is -2.32. The summed E-state index contributed by atoms with van der Waals surface area (Å²) in [5, 5.41) is 11.0. The second-order valence-electron chi connectivity index (χ2n) is 4.68. The third kappa shape index (κ3) is 2.97. The van der Waals surface area contributed by atoms with Gasteiger partial charge in [-0.05, 0) is 25.1 Å². The number of rotatable bonds is 5. The Kier molecular flexibility index (Phi) is 4.53. The van der Waals surface area contributed by atoms with Gasteiger partial charge in [0.1, 0.15) is 0 Å². The van der Waals surface area contributed by atoms with Gasteiger partial charge in [-0.25, -0.2) is 8.42 Å². The normalized spacial score (nSPS) is 13.0. The minimum atomic E-state index is -4.01. The molecule has 0 amide bonds. The highest BCUT2D eigenvalue weighted by Crippen LogP contribution is 2.29. The highest BCUT2D eigenvalue weighted by molar-refractivity contribution is 7.89. The number of sulfonamides is 1. The summed E-state index contributed by atoms with van der Waals surface area (Å²) in [5.74, 6) is 0. The number of nitro groups is 1. The molecule has 2 rings (SSSR count). The predicted molar refractivity (Wildman–Crippen MR) is 80.7 cm³/mol. The van der Waals surface area contributed by atoms with Crippen molar-refractivity contribution in [3.8, 4) is 0 Å². The Morgan fingerprint density at radius 2 is 1.82 bits per heavy atom. The third-order valence-corrected chi connectivity index (χ3v) is 5.36. The summed E-state index contributed by atoms with van der Waals surface area (Å²) in [5.41, 5.74) is 0.120. The first kappa shape index (κ1) is 16.1. The van der Waals surface area contributed by atoms with Crippen LogP contribution in [0.1, 0.15) is 18.7 Å². The van der Waals surface area contributed by atoms with E-state index < -0.39 is 26.7 Å². The Morgan fingerprint density at radius 3 is 2.41 bits per heavy atom. The van der Waals surface area contributed by atoms with Crippen LogP contribution in [0, 0.1) is 10.1 Å². The highest BCUT2D eigenvalue weighted by Gasteiger charge is 2.32. The second-order valence-corrected chi connectivity index (χ2v) is 6.64. The molecule has 116 valence electrons. The zero-order valence-electron chi connectivity index (χ0n) is 12.1. The predicted octanol–water partition coefficient (Wildman–Crippen LogP) is 2.37. The summed E-state index contributed by atoms with van der Waals surface area (Å²) in [4.78, 5) is 14.1. The molecular formula is C14H15N3O4S. The van der Waals surface area contributed by atoms with Gasteiger partial charge in [0.25, 0.3) is 5.69 Å². The fourth-order valence-electron chi connectivity index (χ4n) is 2.00. The molecule has 0 N–H and O–H groups in total.